The highest BCUT2D eigenvalue weighted by Gasteiger charge is 2.24. The number of hydrogen-bond donors (Lipinski definition) is 1. The summed E-state index contributed by atoms with van der Waals surface area (Å²) in [5.41, 5.74) is 0. The summed E-state index contributed by atoms with van der Waals surface area (Å²) in [6.45, 7) is 4.80. The van der Waals surface area contributed by atoms with Gasteiger partial charge in [0.2, 0.25) is 0 Å². The van der Waals surface area contributed by atoms with Crippen LogP contribution in [0.1, 0.15) is 12.8 Å². The van der Waals surface area contributed by atoms with Crippen molar-refractivity contribution in [2.24, 2.45) is 0 Å². The molecule has 2 nitrogen and oxygen atoms in total. The maximum Gasteiger partial charge on any atom is 0.392 e. The fourth-order valence-corrected chi connectivity index (χ4v) is 1.53. The Hall–Kier alpha value is -0.550. The van der Waals surface area contributed by atoms with Crippen LogP contribution in [0.5, 0.6) is 0 Å². The molecule has 0 unspecified atom stereocenters. The van der Waals surface area contributed by atoms with E-state index in [1.54, 1.807) is 6.08 Å². The molecule has 15 heavy (non-hydrogen) atoms. The second-order valence-electron chi connectivity index (χ2n) is 3.67. The summed E-state index contributed by atoms with van der Waals surface area (Å²) in [7, 11) is 0. The van der Waals surface area contributed by atoms with Gasteiger partial charge in [-0.05, 0) is 6.42 Å². The summed E-state index contributed by atoms with van der Waals surface area (Å²) < 4.78 is 35.3. The molecule has 0 radical (unpaired) electrons. The van der Waals surface area contributed by atoms with Gasteiger partial charge in [-0.3, -0.25) is 0 Å². The fourth-order valence-electron chi connectivity index (χ4n) is 1.53. The number of halogens is 3. The third-order valence-electron chi connectivity index (χ3n) is 2.34. The lowest BCUT2D eigenvalue weighted by atomic mass is 10.3. The minimum atomic E-state index is -4.06. The van der Waals surface area contributed by atoms with Crippen LogP contribution in [-0.2, 0) is 0 Å². The zero-order chi connectivity index (χ0) is 11.1. The molecule has 1 N–H and O–H groups in total. The molecule has 0 atom stereocenters. The minimum Gasteiger partial charge on any atom is -0.314 e. The highest BCUT2D eigenvalue weighted by atomic mass is 19.4. The summed E-state index contributed by atoms with van der Waals surface area (Å²) in [6.07, 6.45) is -1.34. The Labute approximate surface area is 88.1 Å². The zero-order valence-corrected chi connectivity index (χ0v) is 8.69. The van der Waals surface area contributed by atoms with Gasteiger partial charge in [-0.1, -0.05) is 12.2 Å². The van der Waals surface area contributed by atoms with Gasteiger partial charge in [0.05, 0.1) is 6.42 Å². The van der Waals surface area contributed by atoms with Gasteiger partial charge in [0.15, 0.2) is 0 Å². The predicted octanol–water partition coefficient (Wildman–Crippen LogP) is 1.79. The van der Waals surface area contributed by atoms with Crippen molar-refractivity contribution >= 4 is 0 Å². The molecule has 5 heteroatoms. The topological polar surface area (TPSA) is 15.3 Å². The molecule has 1 fully saturated rings. The first-order valence-electron chi connectivity index (χ1n) is 5.23. The molecule has 0 aromatic heterocycles. The van der Waals surface area contributed by atoms with Gasteiger partial charge in [-0.15, -0.1) is 0 Å². The van der Waals surface area contributed by atoms with Crippen molar-refractivity contribution in [2.75, 3.05) is 32.7 Å². The lowest BCUT2D eigenvalue weighted by Gasteiger charge is -2.26. The van der Waals surface area contributed by atoms with Crippen molar-refractivity contribution in [3.8, 4) is 0 Å². The lowest BCUT2D eigenvalue weighted by molar-refractivity contribution is -0.125. The van der Waals surface area contributed by atoms with Gasteiger partial charge < -0.3 is 10.2 Å². The van der Waals surface area contributed by atoms with E-state index in [0.29, 0.717) is 6.42 Å². The number of nitrogens with one attached hydrogen (secondary N) is 1. The van der Waals surface area contributed by atoms with E-state index in [4.69, 9.17) is 0 Å². The Balaban J connectivity index is 2.04. The molecule has 0 amide bonds. The molecule has 1 aliphatic heterocycles. The first-order valence-corrected chi connectivity index (χ1v) is 5.23. The SMILES string of the molecule is FC(F)(F)C/C=C\CCN1CCNCC1. The summed E-state index contributed by atoms with van der Waals surface area (Å²) in [4.78, 5) is 2.26. The van der Waals surface area contributed by atoms with E-state index in [-0.39, 0.29) is 0 Å². The van der Waals surface area contributed by atoms with Crippen molar-refractivity contribution in [1.29, 1.82) is 0 Å². The maximum atomic E-state index is 11.8. The number of hydrogen-bond acceptors (Lipinski definition) is 2. The van der Waals surface area contributed by atoms with Crippen LogP contribution in [0.15, 0.2) is 12.2 Å². The van der Waals surface area contributed by atoms with Gasteiger partial charge in [0.1, 0.15) is 0 Å². The van der Waals surface area contributed by atoms with Crippen molar-refractivity contribution < 1.29 is 13.2 Å². The van der Waals surface area contributed by atoms with E-state index in [1.165, 1.54) is 6.08 Å². The normalized spacial score (nSPS) is 19.9. The van der Waals surface area contributed by atoms with E-state index in [9.17, 15) is 13.2 Å². The van der Waals surface area contributed by atoms with Crippen LogP contribution >= 0.6 is 0 Å². The lowest BCUT2D eigenvalue weighted by Crippen LogP contribution is -2.43. The molecule has 1 aliphatic rings. The molecule has 0 saturated carbocycles. The standard InChI is InChI=1S/C10H17F3N2/c11-10(12,13)4-2-1-3-7-15-8-5-14-6-9-15/h1-2,14H,3-9H2/b2-1-. The second-order valence-corrected chi connectivity index (χ2v) is 3.67. The fraction of sp³-hybridized carbons (Fsp3) is 0.800. The molecule has 1 saturated heterocycles. The van der Waals surface area contributed by atoms with Crippen LogP contribution < -0.4 is 5.32 Å². The van der Waals surface area contributed by atoms with E-state index in [0.717, 1.165) is 32.7 Å². The smallest absolute Gasteiger partial charge is 0.314 e. The highest BCUT2D eigenvalue weighted by Crippen LogP contribution is 2.19. The third-order valence-corrected chi connectivity index (χ3v) is 2.34. The molecule has 0 spiro atoms. The number of piperazine rings is 1. The van der Waals surface area contributed by atoms with Gasteiger partial charge in [-0.25, -0.2) is 0 Å². The van der Waals surface area contributed by atoms with Crippen LogP contribution in [0, 0.1) is 0 Å². The third kappa shape index (κ3) is 6.52. The number of allylic oxidation sites excluding steroid dienone is 1. The molecule has 1 rings (SSSR count). The van der Waals surface area contributed by atoms with Crippen molar-refractivity contribution in [2.45, 2.75) is 19.0 Å². The Kier molecular flexibility index (Phi) is 5.11. The summed E-state index contributed by atoms with van der Waals surface area (Å²) in [5.74, 6) is 0. The van der Waals surface area contributed by atoms with Crippen LogP contribution in [0.3, 0.4) is 0 Å². The number of rotatable bonds is 4. The second kappa shape index (κ2) is 6.12. The summed E-state index contributed by atoms with van der Waals surface area (Å²) in [6, 6.07) is 0. The maximum absolute atomic E-state index is 11.8. The van der Waals surface area contributed by atoms with Crippen molar-refractivity contribution in [1.82, 2.24) is 10.2 Å². The van der Waals surface area contributed by atoms with E-state index in [1.807, 2.05) is 0 Å². The average Bonchev–Trinajstić information content (AvgIpc) is 2.17. The molecule has 88 valence electrons. The summed E-state index contributed by atoms with van der Waals surface area (Å²) >= 11 is 0. The van der Waals surface area contributed by atoms with E-state index < -0.39 is 12.6 Å². The zero-order valence-electron chi connectivity index (χ0n) is 8.69. The molecule has 0 bridgehead atoms. The molecular weight excluding hydrogens is 205 g/mol. The van der Waals surface area contributed by atoms with Crippen molar-refractivity contribution in [3.05, 3.63) is 12.2 Å². The quantitative estimate of drug-likeness (QED) is 0.729. The van der Waals surface area contributed by atoms with Crippen LogP contribution in [0.25, 0.3) is 0 Å². The Morgan fingerprint density at radius 1 is 1.13 bits per heavy atom. The van der Waals surface area contributed by atoms with Gasteiger partial charge in [0, 0.05) is 32.7 Å². The minimum absolute atomic E-state index is 0.704. The number of alkyl halides is 3. The average molecular weight is 222 g/mol. The highest BCUT2D eigenvalue weighted by molar-refractivity contribution is 4.85. The monoisotopic (exact) mass is 222 g/mol. The Morgan fingerprint density at radius 2 is 1.80 bits per heavy atom. The first kappa shape index (κ1) is 12.5. The first-order chi connectivity index (χ1) is 7.08. The largest absolute Gasteiger partial charge is 0.392 e. The van der Waals surface area contributed by atoms with Crippen LogP contribution in [0.4, 0.5) is 13.2 Å². The molecule has 0 aliphatic carbocycles. The van der Waals surface area contributed by atoms with Gasteiger partial charge in [0.25, 0.3) is 0 Å². The van der Waals surface area contributed by atoms with Crippen molar-refractivity contribution in [3.63, 3.8) is 0 Å². The predicted molar refractivity (Wildman–Crippen MR) is 53.7 cm³/mol. The van der Waals surface area contributed by atoms with Gasteiger partial charge in [-0.2, -0.15) is 13.2 Å². The Morgan fingerprint density at radius 3 is 2.40 bits per heavy atom. The van der Waals surface area contributed by atoms with E-state index in [2.05, 4.69) is 10.2 Å². The molecule has 0 aromatic rings. The molecule has 0 aromatic carbocycles. The summed E-state index contributed by atoms with van der Waals surface area (Å²) in [5, 5.41) is 3.23. The van der Waals surface area contributed by atoms with E-state index >= 15 is 0 Å². The Bertz CT molecular complexity index is 195. The number of nitrogens with zero attached hydrogens (tertiary/aromatic N) is 1. The van der Waals surface area contributed by atoms with Crippen LogP contribution in [-0.4, -0.2) is 43.8 Å². The molecular formula is C10H17F3N2. The van der Waals surface area contributed by atoms with Crippen LogP contribution in [0.2, 0.25) is 0 Å². The molecule has 1 heterocycles. The van der Waals surface area contributed by atoms with Gasteiger partial charge >= 0.3 is 6.18 Å².